The molecule has 0 atom stereocenters. The van der Waals surface area contributed by atoms with E-state index in [1.807, 2.05) is 13.0 Å². The van der Waals surface area contributed by atoms with Crippen LogP contribution in [0.5, 0.6) is 0 Å². The van der Waals surface area contributed by atoms with Crippen LogP contribution < -0.4 is 5.56 Å². The number of carbonyl (C=O) groups is 1. The molecule has 0 fully saturated rings. The van der Waals surface area contributed by atoms with E-state index in [-0.39, 0.29) is 12.2 Å². The van der Waals surface area contributed by atoms with Gasteiger partial charge in [-0.2, -0.15) is 0 Å². The molecule has 0 spiro atoms. The van der Waals surface area contributed by atoms with Gasteiger partial charge in [0.15, 0.2) is 4.67 Å². The van der Waals surface area contributed by atoms with E-state index >= 15 is 0 Å². The monoisotopic (exact) mass is 388 g/mol. The molecular weight excluding hydrogens is 376 g/mol. The number of aromatic nitrogens is 2. The van der Waals surface area contributed by atoms with Gasteiger partial charge in [0.2, 0.25) is 0 Å². The molecule has 24 heavy (non-hydrogen) atoms. The Hall–Kier alpha value is -2.67. The van der Waals surface area contributed by atoms with Crippen LogP contribution in [0.4, 0.5) is 0 Å². The summed E-state index contributed by atoms with van der Waals surface area (Å²) in [7, 11) is 0. The smallest absolute Gasteiger partial charge is 0.331 e. The van der Waals surface area contributed by atoms with E-state index in [1.54, 1.807) is 24.4 Å². The van der Waals surface area contributed by atoms with Crippen molar-refractivity contribution in [2.24, 2.45) is 0 Å². The quantitative estimate of drug-likeness (QED) is 0.507. The second kappa shape index (κ2) is 6.84. The first kappa shape index (κ1) is 16.2. The second-order valence-corrected chi connectivity index (χ2v) is 5.88. The minimum atomic E-state index is -0.547. The number of hydrogen-bond donors (Lipinski definition) is 0. The molecule has 3 rings (SSSR count). The predicted molar refractivity (Wildman–Crippen MR) is 91.4 cm³/mol. The lowest BCUT2D eigenvalue weighted by Gasteiger charge is -2.05. The lowest BCUT2D eigenvalue weighted by molar-refractivity contribution is -0.139. The maximum atomic E-state index is 12.0. The number of carbonyl (C=O) groups excluding carboxylic acids is 1. The van der Waals surface area contributed by atoms with Crippen LogP contribution in [0.1, 0.15) is 17.0 Å². The molecule has 122 valence electrons. The van der Waals surface area contributed by atoms with Crippen molar-refractivity contribution in [3.05, 3.63) is 74.6 Å². The summed E-state index contributed by atoms with van der Waals surface area (Å²) < 4.78 is 12.4. The van der Waals surface area contributed by atoms with Crippen LogP contribution in [0.3, 0.4) is 0 Å². The molecule has 0 radical (unpaired) electrons. The number of halogens is 1. The van der Waals surface area contributed by atoms with Gasteiger partial charge in [-0.25, -0.2) is 9.78 Å². The van der Waals surface area contributed by atoms with Crippen molar-refractivity contribution in [1.29, 1.82) is 0 Å². The molecule has 0 aliphatic rings. The number of esters is 1. The van der Waals surface area contributed by atoms with Gasteiger partial charge in [-0.1, -0.05) is 0 Å². The molecule has 0 aromatic carbocycles. The summed E-state index contributed by atoms with van der Waals surface area (Å²) in [5.74, 6) is -0.0230. The van der Waals surface area contributed by atoms with Gasteiger partial charge in [-0.15, -0.1) is 0 Å². The minimum absolute atomic E-state index is 0.0787. The number of nitrogens with zero attached hydrogens (tertiary/aromatic N) is 2. The van der Waals surface area contributed by atoms with E-state index < -0.39 is 5.97 Å². The predicted octanol–water partition coefficient (Wildman–Crippen LogP) is 3.12. The van der Waals surface area contributed by atoms with Gasteiger partial charge in [-0.3, -0.25) is 9.20 Å². The molecule has 3 aromatic rings. The fraction of sp³-hybridized carbons (Fsp3) is 0.118. The van der Waals surface area contributed by atoms with Crippen LogP contribution >= 0.6 is 15.9 Å². The highest BCUT2D eigenvalue weighted by atomic mass is 79.9. The molecule has 0 aliphatic carbocycles. The molecule has 0 bridgehead atoms. The average molecular weight is 389 g/mol. The highest BCUT2D eigenvalue weighted by Crippen LogP contribution is 2.15. The Morgan fingerprint density at radius 1 is 1.38 bits per heavy atom. The Balaban J connectivity index is 1.70. The van der Waals surface area contributed by atoms with Crippen LogP contribution in [0.15, 0.2) is 56.5 Å². The van der Waals surface area contributed by atoms with E-state index in [0.29, 0.717) is 21.8 Å². The van der Waals surface area contributed by atoms with Crippen molar-refractivity contribution >= 4 is 33.6 Å². The molecule has 0 aliphatic heterocycles. The molecule has 6 nitrogen and oxygen atoms in total. The topological polar surface area (TPSA) is 73.8 Å². The van der Waals surface area contributed by atoms with Gasteiger partial charge in [-0.05, 0) is 58.8 Å². The third kappa shape index (κ3) is 3.80. The molecule has 0 unspecified atom stereocenters. The third-order valence-electron chi connectivity index (χ3n) is 3.22. The van der Waals surface area contributed by atoms with Crippen molar-refractivity contribution in [3.8, 4) is 0 Å². The van der Waals surface area contributed by atoms with Crippen LogP contribution in [0.25, 0.3) is 11.7 Å². The largest absolute Gasteiger partial charge is 0.456 e. The van der Waals surface area contributed by atoms with Crippen molar-refractivity contribution < 1.29 is 13.9 Å². The molecule has 3 heterocycles. The maximum Gasteiger partial charge on any atom is 0.331 e. The summed E-state index contributed by atoms with van der Waals surface area (Å²) >= 11 is 3.18. The molecule has 0 saturated heterocycles. The summed E-state index contributed by atoms with van der Waals surface area (Å²) in [6.07, 6.45) is 4.42. The minimum Gasteiger partial charge on any atom is -0.456 e. The Morgan fingerprint density at radius 2 is 2.21 bits per heavy atom. The zero-order valence-corrected chi connectivity index (χ0v) is 14.3. The fourth-order valence-corrected chi connectivity index (χ4v) is 2.41. The Morgan fingerprint density at radius 3 is 2.96 bits per heavy atom. The fourth-order valence-electron chi connectivity index (χ4n) is 2.09. The van der Waals surface area contributed by atoms with Gasteiger partial charge < -0.3 is 9.15 Å². The van der Waals surface area contributed by atoms with Crippen LogP contribution in [0, 0.1) is 6.92 Å². The van der Waals surface area contributed by atoms with Crippen molar-refractivity contribution in [3.63, 3.8) is 0 Å². The van der Waals surface area contributed by atoms with Crippen LogP contribution in [0.2, 0.25) is 0 Å². The van der Waals surface area contributed by atoms with Gasteiger partial charge in [0.1, 0.15) is 18.0 Å². The summed E-state index contributed by atoms with van der Waals surface area (Å²) in [6.45, 7) is 1.83. The normalized spacial score (nSPS) is 11.2. The third-order valence-corrected chi connectivity index (χ3v) is 3.64. The number of hydrogen-bond acceptors (Lipinski definition) is 5. The van der Waals surface area contributed by atoms with E-state index in [1.165, 1.54) is 22.6 Å². The summed E-state index contributed by atoms with van der Waals surface area (Å²) in [5, 5.41) is 0. The Bertz CT molecular complexity index is 988. The van der Waals surface area contributed by atoms with E-state index in [0.717, 1.165) is 5.56 Å². The standard InChI is InChI=1S/C17H13BrN2O4/c1-11-6-7-20-15(8-11)19-12(9-16(20)21)10-23-17(22)5-3-13-2-4-14(18)24-13/h2-9H,10H2,1H3/b5-3+. The molecule has 3 aromatic heterocycles. The molecular formula is C17H13BrN2O4. The van der Waals surface area contributed by atoms with Crippen molar-refractivity contribution in [2.75, 3.05) is 0 Å². The van der Waals surface area contributed by atoms with E-state index in [9.17, 15) is 9.59 Å². The number of pyridine rings is 1. The highest BCUT2D eigenvalue weighted by molar-refractivity contribution is 9.10. The number of rotatable bonds is 4. The van der Waals surface area contributed by atoms with Crippen molar-refractivity contribution in [1.82, 2.24) is 9.38 Å². The Kier molecular flexibility index (Phi) is 4.61. The van der Waals surface area contributed by atoms with E-state index in [4.69, 9.17) is 9.15 Å². The van der Waals surface area contributed by atoms with Crippen LogP contribution in [-0.4, -0.2) is 15.4 Å². The first-order valence-corrected chi connectivity index (χ1v) is 7.90. The molecule has 0 saturated carbocycles. The lowest BCUT2D eigenvalue weighted by Crippen LogP contribution is -2.16. The molecule has 0 amide bonds. The zero-order chi connectivity index (χ0) is 17.1. The zero-order valence-electron chi connectivity index (χ0n) is 12.7. The molecule has 0 N–H and O–H groups in total. The number of ether oxygens (including phenoxy) is 1. The van der Waals surface area contributed by atoms with Crippen LogP contribution in [-0.2, 0) is 16.1 Å². The lowest BCUT2D eigenvalue weighted by atomic mass is 10.3. The summed E-state index contributed by atoms with van der Waals surface area (Å²) in [4.78, 5) is 28.1. The number of furan rings is 1. The average Bonchev–Trinajstić information content (AvgIpc) is 2.96. The first-order valence-electron chi connectivity index (χ1n) is 7.10. The van der Waals surface area contributed by atoms with Crippen molar-refractivity contribution in [2.45, 2.75) is 13.5 Å². The Labute approximate surface area is 145 Å². The number of fused-ring (bicyclic) bond motifs is 1. The molecule has 7 heteroatoms. The van der Waals surface area contributed by atoms with Gasteiger partial charge in [0, 0.05) is 18.3 Å². The first-order chi connectivity index (χ1) is 11.5. The second-order valence-electron chi connectivity index (χ2n) is 5.10. The summed E-state index contributed by atoms with van der Waals surface area (Å²) in [6, 6.07) is 8.40. The van der Waals surface area contributed by atoms with Gasteiger partial charge in [0.25, 0.3) is 5.56 Å². The van der Waals surface area contributed by atoms with Gasteiger partial charge in [0.05, 0.1) is 5.69 Å². The number of aryl methyl sites for hydroxylation is 1. The van der Waals surface area contributed by atoms with E-state index in [2.05, 4.69) is 20.9 Å². The maximum absolute atomic E-state index is 12.0. The summed E-state index contributed by atoms with van der Waals surface area (Å²) in [5.41, 5.74) is 1.68. The SMILES string of the molecule is Cc1ccn2c(=O)cc(COC(=O)/C=C/c3ccc(Br)o3)nc2c1. The van der Waals surface area contributed by atoms with Gasteiger partial charge >= 0.3 is 5.97 Å². The highest BCUT2D eigenvalue weighted by Gasteiger charge is 2.05.